The van der Waals surface area contributed by atoms with Crippen LogP contribution in [0.25, 0.3) is 10.1 Å². The molecule has 2 aliphatic rings. The van der Waals surface area contributed by atoms with E-state index in [1.807, 2.05) is 24.3 Å². The maximum Gasteiger partial charge on any atom is 0.261 e. The number of thiophene rings is 1. The van der Waals surface area contributed by atoms with E-state index in [4.69, 9.17) is 9.47 Å². The van der Waals surface area contributed by atoms with E-state index in [2.05, 4.69) is 10.6 Å². The zero-order valence-electron chi connectivity index (χ0n) is 19.2. The lowest BCUT2D eigenvalue weighted by atomic mass is 10.0. The summed E-state index contributed by atoms with van der Waals surface area (Å²) in [4.78, 5) is 51.4. The van der Waals surface area contributed by atoms with Gasteiger partial charge in [0.1, 0.15) is 6.04 Å². The number of fused-ring (bicyclic) bond motifs is 2. The predicted molar refractivity (Wildman–Crippen MR) is 129 cm³/mol. The zero-order valence-corrected chi connectivity index (χ0v) is 20.0. The SMILES string of the molecule is COc1cc2cc(C(=O)NCc3ccc4c(c3)CN(C3CCC(=O)NC3=O)C4=O)sc2cc1OC. The van der Waals surface area contributed by atoms with Crippen molar-refractivity contribution in [1.82, 2.24) is 15.5 Å². The minimum absolute atomic E-state index is 0.203. The van der Waals surface area contributed by atoms with Gasteiger partial charge in [0.25, 0.3) is 11.8 Å². The van der Waals surface area contributed by atoms with Crippen molar-refractivity contribution in [2.75, 3.05) is 14.2 Å². The van der Waals surface area contributed by atoms with E-state index >= 15 is 0 Å². The summed E-state index contributed by atoms with van der Waals surface area (Å²) in [6.07, 6.45) is 0.533. The van der Waals surface area contributed by atoms with Crippen LogP contribution < -0.4 is 20.1 Å². The van der Waals surface area contributed by atoms with Crippen molar-refractivity contribution in [2.45, 2.75) is 32.0 Å². The maximum absolute atomic E-state index is 12.8. The lowest BCUT2D eigenvalue weighted by molar-refractivity contribution is -0.136. The molecule has 0 spiro atoms. The monoisotopic (exact) mass is 493 g/mol. The van der Waals surface area contributed by atoms with E-state index in [-0.39, 0.29) is 24.1 Å². The number of benzene rings is 2. The number of carbonyl (C=O) groups excluding carboxylic acids is 4. The van der Waals surface area contributed by atoms with Gasteiger partial charge in [-0.3, -0.25) is 24.5 Å². The molecule has 5 rings (SSSR count). The highest BCUT2D eigenvalue weighted by Gasteiger charge is 2.39. The Morgan fingerprint density at radius 3 is 2.63 bits per heavy atom. The van der Waals surface area contributed by atoms with Crippen LogP contribution in [0.15, 0.2) is 36.4 Å². The number of nitrogens with zero attached hydrogens (tertiary/aromatic N) is 1. The Morgan fingerprint density at radius 2 is 1.89 bits per heavy atom. The Labute approximate surface area is 205 Å². The van der Waals surface area contributed by atoms with Crippen molar-refractivity contribution in [2.24, 2.45) is 0 Å². The molecule has 1 atom stereocenters. The molecule has 1 fully saturated rings. The average Bonchev–Trinajstić information content (AvgIpc) is 3.42. The Bertz CT molecular complexity index is 1340. The van der Waals surface area contributed by atoms with Gasteiger partial charge in [0.05, 0.1) is 19.1 Å². The molecule has 1 saturated heterocycles. The van der Waals surface area contributed by atoms with Crippen LogP contribution in [0.1, 0.15) is 44.0 Å². The summed E-state index contributed by atoms with van der Waals surface area (Å²) in [7, 11) is 3.14. The molecule has 3 heterocycles. The molecule has 180 valence electrons. The largest absolute Gasteiger partial charge is 0.493 e. The molecule has 2 aliphatic heterocycles. The normalized spacial score (nSPS) is 17.4. The first-order valence-electron chi connectivity index (χ1n) is 11.1. The highest BCUT2D eigenvalue weighted by atomic mass is 32.1. The summed E-state index contributed by atoms with van der Waals surface area (Å²) in [6.45, 7) is 0.585. The molecule has 0 radical (unpaired) electrons. The number of carbonyl (C=O) groups is 4. The van der Waals surface area contributed by atoms with Gasteiger partial charge in [-0.2, -0.15) is 0 Å². The Morgan fingerprint density at radius 1 is 1.11 bits per heavy atom. The van der Waals surface area contributed by atoms with E-state index < -0.39 is 11.9 Å². The van der Waals surface area contributed by atoms with Gasteiger partial charge < -0.3 is 19.7 Å². The van der Waals surface area contributed by atoms with E-state index in [9.17, 15) is 19.2 Å². The van der Waals surface area contributed by atoms with Gasteiger partial charge in [-0.25, -0.2) is 0 Å². The van der Waals surface area contributed by atoms with Gasteiger partial charge in [-0.1, -0.05) is 12.1 Å². The topological polar surface area (TPSA) is 114 Å². The Balaban J connectivity index is 1.27. The first-order chi connectivity index (χ1) is 16.9. The van der Waals surface area contributed by atoms with Crippen LogP contribution in [0.3, 0.4) is 0 Å². The lowest BCUT2D eigenvalue weighted by Gasteiger charge is -2.29. The second-order valence-corrected chi connectivity index (χ2v) is 9.51. The molecule has 9 nitrogen and oxygen atoms in total. The molecule has 0 bridgehead atoms. The van der Waals surface area contributed by atoms with Crippen molar-refractivity contribution in [3.8, 4) is 11.5 Å². The molecular weight excluding hydrogens is 470 g/mol. The third-order valence-electron chi connectivity index (χ3n) is 6.29. The molecule has 2 aromatic carbocycles. The standard InChI is InChI=1S/C25H23N3O6S/c1-33-18-8-14-9-21(35-20(14)10-19(18)34-2)24(31)26-11-13-3-4-16-15(7-13)12-28(25(16)32)17-5-6-22(29)27-23(17)30/h3-4,7-10,17H,5-6,11-12H2,1-2H3,(H,26,31)(H,27,29,30). The fourth-order valence-electron chi connectivity index (χ4n) is 4.49. The molecule has 3 aromatic rings. The zero-order chi connectivity index (χ0) is 24.7. The van der Waals surface area contributed by atoms with Crippen LogP contribution in [0.4, 0.5) is 0 Å². The maximum atomic E-state index is 12.8. The van der Waals surface area contributed by atoms with Crippen LogP contribution in [0.5, 0.6) is 11.5 Å². The van der Waals surface area contributed by atoms with Gasteiger partial charge in [0.2, 0.25) is 11.8 Å². The number of hydrogen-bond donors (Lipinski definition) is 2. The first-order valence-corrected chi connectivity index (χ1v) is 11.9. The molecule has 1 unspecified atom stereocenters. The summed E-state index contributed by atoms with van der Waals surface area (Å²) >= 11 is 1.37. The van der Waals surface area contributed by atoms with Gasteiger partial charge >= 0.3 is 0 Å². The van der Waals surface area contributed by atoms with Gasteiger partial charge in [-0.05, 0) is 41.1 Å². The fraction of sp³-hybridized carbons (Fsp3) is 0.280. The summed E-state index contributed by atoms with van der Waals surface area (Å²) in [6, 6.07) is 10.3. The van der Waals surface area contributed by atoms with Gasteiger partial charge in [-0.15, -0.1) is 11.3 Å². The second-order valence-electron chi connectivity index (χ2n) is 8.43. The summed E-state index contributed by atoms with van der Waals surface area (Å²) < 4.78 is 11.6. The molecule has 0 aliphatic carbocycles. The van der Waals surface area contributed by atoms with Crippen LogP contribution in [-0.2, 0) is 22.7 Å². The Hall–Kier alpha value is -3.92. The number of rotatable bonds is 6. The number of methoxy groups -OCH3 is 2. The number of ether oxygens (including phenoxy) is 2. The summed E-state index contributed by atoms with van der Waals surface area (Å²) in [5.74, 6) is 0.0301. The number of hydrogen-bond acceptors (Lipinski definition) is 7. The van der Waals surface area contributed by atoms with Gasteiger partial charge in [0, 0.05) is 35.8 Å². The molecule has 2 N–H and O–H groups in total. The van der Waals surface area contributed by atoms with Crippen LogP contribution >= 0.6 is 11.3 Å². The predicted octanol–water partition coefficient (Wildman–Crippen LogP) is 2.61. The molecular formula is C25H23N3O6S. The van der Waals surface area contributed by atoms with Crippen molar-refractivity contribution >= 4 is 45.1 Å². The summed E-state index contributed by atoms with van der Waals surface area (Å²) in [5, 5.41) is 6.13. The second kappa shape index (κ2) is 9.03. The fourth-order valence-corrected chi connectivity index (χ4v) is 5.47. The first kappa shape index (κ1) is 22.9. The average molecular weight is 494 g/mol. The molecule has 1 aromatic heterocycles. The number of imide groups is 1. The van der Waals surface area contributed by atoms with E-state index in [1.54, 1.807) is 26.4 Å². The van der Waals surface area contributed by atoms with Crippen LogP contribution in [-0.4, -0.2) is 48.8 Å². The molecule has 0 saturated carbocycles. The number of piperidine rings is 1. The quantitative estimate of drug-likeness (QED) is 0.511. The highest BCUT2D eigenvalue weighted by molar-refractivity contribution is 7.20. The minimum atomic E-state index is -0.652. The number of nitrogens with one attached hydrogen (secondary N) is 2. The van der Waals surface area contributed by atoms with Crippen LogP contribution in [0, 0.1) is 0 Å². The third kappa shape index (κ3) is 4.21. The van der Waals surface area contributed by atoms with Crippen molar-refractivity contribution in [3.63, 3.8) is 0 Å². The van der Waals surface area contributed by atoms with Crippen molar-refractivity contribution in [3.05, 3.63) is 58.0 Å². The van der Waals surface area contributed by atoms with Crippen molar-refractivity contribution in [1.29, 1.82) is 0 Å². The molecule has 10 heteroatoms. The number of amides is 4. The smallest absolute Gasteiger partial charge is 0.261 e. The van der Waals surface area contributed by atoms with Gasteiger partial charge in [0.15, 0.2) is 11.5 Å². The lowest BCUT2D eigenvalue weighted by Crippen LogP contribution is -2.52. The van der Waals surface area contributed by atoms with E-state index in [1.165, 1.54) is 16.2 Å². The minimum Gasteiger partial charge on any atom is -0.493 e. The molecule has 35 heavy (non-hydrogen) atoms. The molecule has 4 amide bonds. The third-order valence-corrected chi connectivity index (χ3v) is 7.38. The summed E-state index contributed by atoms with van der Waals surface area (Å²) in [5.41, 5.74) is 2.18. The van der Waals surface area contributed by atoms with Crippen molar-refractivity contribution < 1.29 is 28.7 Å². The van der Waals surface area contributed by atoms with Crippen LogP contribution in [0.2, 0.25) is 0 Å². The Kier molecular flexibility index (Phi) is 5.89. The van der Waals surface area contributed by atoms with E-state index in [0.717, 1.165) is 21.2 Å². The van der Waals surface area contributed by atoms with E-state index in [0.29, 0.717) is 41.4 Å². The highest BCUT2D eigenvalue weighted by Crippen LogP contribution is 2.36.